The molecule has 5 heteroatoms. The number of carbonyl (C=O) groups excluding carboxylic acids is 1. The lowest BCUT2D eigenvalue weighted by molar-refractivity contribution is 0.0755. The van der Waals surface area contributed by atoms with E-state index in [4.69, 9.17) is 10.2 Å². The molecule has 112 valence electrons. The minimum Gasteiger partial charge on any atom is -0.459 e. The second-order valence-corrected chi connectivity index (χ2v) is 5.20. The average molecular weight is 307 g/mol. The Balaban J connectivity index is 0.00000161. The molecule has 4 nitrogen and oxygen atoms in total. The van der Waals surface area contributed by atoms with E-state index in [0.29, 0.717) is 37.2 Å². The molecule has 0 bridgehead atoms. The second-order valence-electron chi connectivity index (χ2n) is 5.20. The van der Waals surface area contributed by atoms with Gasteiger partial charge in [0.25, 0.3) is 5.91 Å². The highest BCUT2D eigenvalue weighted by Crippen LogP contribution is 2.32. The van der Waals surface area contributed by atoms with Crippen LogP contribution in [0.3, 0.4) is 0 Å². The Morgan fingerprint density at radius 2 is 1.95 bits per heavy atom. The van der Waals surface area contributed by atoms with Gasteiger partial charge in [-0.2, -0.15) is 0 Å². The molecule has 3 rings (SSSR count). The van der Waals surface area contributed by atoms with E-state index in [1.807, 2.05) is 23.1 Å². The molecule has 0 aliphatic carbocycles. The van der Waals surface area contributed by atoms with Gasteiger partial charge >= 0.3 is 0 Å². The summed E-state index contributed by atoms with van der Waals surface area (Å²) in [5, 5.41) is 0. The molecule has 0 saturated carbocycles. The Morgan fingerprint density at radius 3 is 2.57 bits per heavy atom. The summed E-state index contributed by atoms with van der Waals surface area (Å²) in [6.45, 7) is 1.97. The van der Waals surface area contributed by atoms with Gasteiger partial charge in [0, 0.05) is 19.0 Å². The van der Waals surface area contributed by atoms with Crippen LogP contribution in [0.25, 0.3) is 0 Å². The number of nitrogens with two attached hydrogens (primary N) is 1. The molecule has 1 aliphatic heterocycles. The van der Waals surface area contributed by atoms with Gasteiger partial charge in [-0.15, -0.1) is 12.4 Å². The molecular formula is C16H19ClN2O2. The predicted molar refractivity (Wildman–Crippen MR) is 83.6 cm³/mol. The third-order valence-electron chi connectivity index (χ3n) is 3.99. The first kappa shape index (κ1) is 15.6. The molecule has 0 spiro atoms. The Bertz CT molecular complexity index is 571. The van der Waals surface area contributed by atoms with Crippen LogP contribution in [-0.2, 0) is 0 Å². The molecule has 2 atom stereocenters. The van der Waals surface area contributed by atoms with E-state index in [9.17, 15) is 4.79 Å². The first-order valence-corrected chi connectivity index (χ1v) is 6.87. The van der Waals surface area contributed by atoms with Crippen LogP contribution in [-0.4, -0.2) is 30.4 Å². The number of furan rings is 1. The van der Waals surface area contributed by atoms with Crippen molar-refractivity contribution in [1.82, 2.24) is 4.90 Å². The number of likely N-dealkylation sites (tertiary alicyclic amines) is 1. The molecule has 1 saturated heterocycles. The number of hydrogen-bond donors (Lipinski definition) is 1. The van der Waals surface area contributed by atoms with Crippen molar-refractivity contribution in [2.45, 2.75) is 5.92 Å². The molecule has 1 amide bonds. The van der Waals surface area contributed by atoms with Crippen molar-refractivity contribution in [2.24, 2.45) is 11.7 Å². The smallest absolute Gasteiger partial charge is 0.289 e. The number of halogens is 1. The highest BCUT2D eigenvalue weighted by atomic mass is 35.5. The maximum absolute atomic E-state index is 12.3. The summed E-state index contributed by atoms with van der Waals surface area (Å²) in [5.74, 6) is 0.956. The lowest BCUT2D eigenvalue weighted by Gasteiger charge is -2.16. The first-order chi connectivity index (χ1) is 9.79. The van der Waals surface area contributed by atoms with Crippen LogP contribution >= 0.6 is 12.4 Å². The average Bonchev–Trinajstić information content (AvgIpc) is 3.17. The largest absolute Gasteiger partial charge is 0.459 e. The van der Waals surface area contributed by atoms with Crippen molar-refractivity contribution in [3.63, 3.8) is 0 Å². The summed E-state index contributed by atoms with van der Waals surface area (Å²) < 4.78 is 5.20. The van der Waals surface area contributed by atoms with Crippen LogP contribution in [0.1, 0.15) is 22.0 Å². The fourth-order valence-electron chi connectivity index (χ4n) is 2.91. The van der Waals surface area contributed by atoms with E-state index in [1.165, 1.54) is 11.8 Å². The van der Waals surface area contributed by atoms with Crippen molar-refractivity contribution in [1.29, 1.82) is 0 Å². The standard InChI is InChI=1S/C16H18N2O2.ClH/c17-9-13-10-18(16(19)15-7-4-8-20-15)11-14(13)12-5-2-1-3-6-12;/h1-8,13-14H,9-11,17H2;1H/t13-,14+;/m1./s1. The summed E-state index contributed by atoms with van der Waals surface area (Å²) >= 11 is 0. The SMILES string of the molecule is Cl.NC[C@@H]1CN(C(=O)c2ccco2)C[C@H]1c1ccccc1. The minimum absolute atomic E-state index is 0. The summed E-state index contributed by atoms with van der Waals surface area (Å²) in [6.07, 6.45) is 1.53. The molecule has 0 radical (unpaired) electrons. The highest BCUT2D eigenvalue weighted by molar-refractivity contribution is 5.91. The normalized spacial score (nSPS) is 21.1. The summed E-state index contributed by atoms with van der Waals surface area (Å²) in [6, 6.07) is 13.7. The Morgan fingerprint density at radius 1 is 1.19 bits per heavy atom. The van der Waals surface area contributed by atoms with Gasteiger partial charge in [0.1, 0.15) is 0 Å². The molecular weight excluding hydrogens is 288 g/mol. The van der Waals surface area contributed by atoms with Gasteiger partial charge in [-0.1, -0.05) is 30.3 Å². The molecule has 0 unspecified atom stereocenters. The summed E-state index contributed by atoms with van der Waals surface area (Å²) in [7, 11) is 0. The maximum atomic E-state index is 12.3. The predicted octanol–water partition coefficient (Wildman–Crippen LogP) is 2.52. The number of rotatable bonds is 3. The molecule has 1 aromatic heterocycles. The van der Waals surface area contributed by atoms with Crippen molar-refractivity contribution in [3.8, 4) is 0 Å². The molecule has 2 heterocycles. The lowest BCUT2D eigenvalue weighted by Crippen LogP contribution is -2.29. The van der Waals surface area contributed by atoms with E-state index in [-0.39, 0.29) is 18.3 Å². The molecule has 1 aliphatic rings. The third-order valence-corrected chi connectivity index (χ3v) is 3.99. The van der Waals surface area contributed by atoms with E-state index >= 15 is 0 Å². The van der Waals surface area contributed by atoms with Crippen LogP contribution in [0.4, 0.5) is 0 Å². The zero-order chi connectivity index (χ0) is 13.9. The van der Waals surface area contributed by atoms with E-state index in [2.05, 4.69) is 12.1 Å². The van der Waals surface area contributed by atoms with Gasteiger partial charge in [-0.25, -0.2) is 0 Å². The summed E-state index contributed by atoms with van der Waals surface area (Å²) in [5.41, 5.74) is 7.13. The highest BCUT2D eigenvalue weighted by Gasteiger charge is 2.36. The van der Waals surface area contributed by atoms with E-state index < -0.39 is 0 Å². The maximum Gasteiger partial charge on any atom is 0.289 e. The van der Waals surface area contributed by atoms with Gasteiger partial charge in [0.15, 0.2) is 5.76 Å². The monoisotopic (exact) mass is 306 g/mol. The van der Waals surface area contributed by atoms with Gasteiger partial charge in [-0.3, -0.25) is 4.79 Å². The number of benzene rings is 1. The van der Waals surface area contributed by atoms with Crippen molar-refractivity contribution in [3.05, 3.63) is 60.1 Å². The van der Waals surface area contributed by atoms with Crippen LogP contribution in [0.2, 0.25) is 0 Å². The molecule has 1 fully saturated rings. The van der Waals surface area contributed by atoms with Crippen molar-refractivity contribution in [2.75, 3.05) is 19.6 Å². The second kappa shape index (κ2) is 6.78. The summed E-state index contributed by atoms with van der Waals surface area (Å²) in [4.78, 5) is 14.2. The Labute approximate surface area is 130 Å². The Kier molecular flexibility index (Phi) is 5.04. The Hall–Kier alpha value is -1.78. The molecule has 2 N–H and O–H groups in total. The fourth-order valence-corrected chi connectivity index (χ4v) is 2.91. The van der Waals surface area contributed by atoms with E-state index in [0.717, 1.165) is 0 Å². The molecule has 21 heavy (non-hydrogen) atoms. The number of amides is 1. The zero-order valence-corrected chi connectivity index (χ0v) is 12.5. The zero-order valence-electron chi connectivity index (χ0n) is 11.6. The number of hydrogen-bond acceptors (Lipinski definition) is 3. The topological polar surface area (TPSA) is 59.5 Å². The van der Waals surface area contributed by atoms with E-state index in [1.54, 1.807) is 12.1 Å². The molecule has 2 aromatic rings. The number of carbonyl (C=O) groups is 1. The van der Waals surface area contributed by atoms with Gasteiger partial charge in [-0.05, 0) is 30.2 Å². The van der Waals surface area contributed by atoms with Crippen LogP contribution in [0.15, 0.2) is 53.1 Å². The number of nitrogens with zero attached hydrogens (tertiary/aromatic N) is 1. The van der Waals surface area contributed by atoms with Crippen LogP contribution in [0, 0.1) is 5.92 Å². The van der Waals surface area contributed by atoms with Gasteiger partial charge in [0.05, 0.1) is 6.26 Å². The first-order valence-electron chi connectivity index (χ1n) is 6.87. The van der Waals surface area contributed by atoms with Crippen LogP contribution in [0.5, 0.6) is 0 Å². The third kappa shape index (κ3) is 3.12. The van der Waals surface area contributed by atoms with Gasteiger partial charge < -0.3 is 15.1 Å². The van der Waals surface area contributed by atoms with Crippen molar-refractivity contribution < 1.29 is 9.21 Å². The van der Waals surface area contributed by atoms with Gasteiger partial charge in [0.2, 0.25) is 0 Å². The van der Waals surface area contributed by atoms with Crippen molar-refractivity contribution >= 4 is 18.3 Å². The minimum atomic E-state index is -0.0492. The van der Waals surface area contributed by atoms with Crippen LogP contribution < -0.4 is 5.73 Å². The quantitative estimate of drug-likeness (QED) is 0.948. The fraction of sp³-hybridized carbons (Fsp3) is 0.312. The molecule has 1 aromatic carbocycles. The lowest BCUT2D eigenvalue weighted by atomic mass is 9.89.